The minimum absolute atomic E-state index is 0.0561. The van der Waals surface area contributed by atoms with Gasteiger partial charge in [0, 0.05) is 6.54 Å². The zero-order valence-electron chi connectivity index (χ0n) is 12.4. The molecular formula is C15H21BrN2O3. The van der Waals surface area contributed by atoms with Crippen molar-refractivity contribution < 1.29 is 14.3 Å². The number of carbonyl (C=O) groups excluding carboxylic acids is 1. The highest BCUT2D eigenvalue weighted by molar-refractivity contribution is 9.10. The molecule has 1 aromatic carbocycles. The lowest BCUT2D eigenvalue weighted by Crippen LogP contribution is -2.46. The predicted octanol–water partition coefficient (Wildman–Crippen LogP) is 2.22. The third kappa shape index (κ3) is 4.11. The molecule has 1 atom stereocenters. The number of ether oxygens (including phenoxy) is 2. The van der Waals surface area contributed by atoms with Gasteiger partial charge in [-0.1, -0.05) is 6.42 Å². The van der Waals surface area contributed by atoms with Gasteiger partial charge in [-0.15, -0.1) is 0 Å². The van der Waals surface area contributed by atoms with Crippen LogP contribution in [0.15, 0.2) is 16.6 Å². The Labute approximate surface area is 133 Å². The molecule has 0 bridgehead atoms. The lowest BCUT2D eigenvalue weighted by Gasteiger charge is -2.22. The van der Waals surface area contributed by atoms with Gasteiger partial charge in [-0.3, -0.25) is 4.79 Å². The summed E-state index contributed by atoms with van der Waals surface area (Å²) in [6.45, 7) is 1.38. The molecule has 0 saturated carbocycles. The molecule has 1 aromatic rings. The number of halogens is 1. The number of piperidine rings is 1. The van der Waals surface area contributed by atoms with E-state index in [0.29, 0.717) is 18.0 Å². The van der Waals surface area contributed by atoms with Gasteiger partial charge in [0.15, 0.2) is 11.5 Å². The third-order valence-corrected chi connectivity index (χ3v) is 4.18. The van der Waals surface area contributed by atoms with E-state index in [-0.39, 0.29) is 11.9 Å². The topological polar surface area (TPSA) is 59.6 Å². The number of nitrogens with one attached hydrogen (secondary N) is 2. The number of rotatable bonds is 5. The van der Waals surface area contributed by atoms with Crippen molar-refractivity contribution in [2.45, 2.75) is 31.8 Å². The van der Waals surface area contributed by atoms with E-state index in [2.05, 4.69) is 26.6 Å². The largest absolute Gasteiger partial charge is 0.493 e. The number of benzene rings is 1. The summed E-state index contributed by atoms with van der Waals surface area (Å²) >= 11 is 3.45. The molecule has 0 aromatic heterocycles. The van der Waals surface area contributed by atoms with E-state index in [9.17, 15) is 4.79 Å². The van der Waals surface area contributed by atoms with Gasteiger partial charge >= 0.3 is 0 Å². The molecule has 1 amide bonds. The standard InChI is InChI=1S/C15H21BrN2O3/c1-20-13-8-10(7-11(16)14(13)21-2)9-18-15(19)12-5-3-4-6-17-12/h7-8,12,17H,3-6,9H2,1-2H3,(H,18,19). The molecule has 2 rings (SSSR count). The maximum Gasteiger partial charge on any atom is 0.237 e. The average molecular weight is 357 g/mol. The quantitative estimate of drug-likeness (QED) is 0.849. The monoisotopic (exact) mass is 356 g/mol. The Morgan fingerprint density at radius 2 is 2.19 bits per heavy atom. The van der Waals surface area contributed by atoms with E-state index in [1.54, 1.807) is 14.2 Å². The first-order valence-corrected chi connectivity index (χ1v) is 7.86. The normalized spacial score (nSPS) is 18.1. The minimum atomic E-state index is -0.0673. The van der Waals surface area contributed by atoms with Gasteiger partial charge in [0.2, 0.25) is 5.91 Å². The zero-order chi connectivity index (χ0) is 15.2. The smallest absolute Gasteiger partial charge is 0.237 e. The molecule has 1 aliphatic rings. The van der Waals surface area contributed by atoms with Gasteiger partial charge < -0.3 is 20.1 Å². The van der Waals surface area contributed by atoms with E-state index < -0.39 is 0 Å². The van der Waals surface area contributed by atoms with Crippen molar-refractivity contribution >= 4 is 21.8 Å². The van der Waals surface area contributed by atoms with Gasteiger partial charge in [0.05, 0.1) is 24.7 Å². The fraction of sp³-hybridized carbons (Fsp3) is 0.533. The Morgan fingerprint density at radius 3 is 2.81 bits per heavy atom. The molecule has 6 heteroatoms. The van der Waals surface area contributed by atoms with E-state index in [0.717, 1.165) is 35.8 Å². The first kappa shape index (κ1) is 16.1. The lowest BCUT2D eigenvalue weighted by atomic mass is 10.0. The van der Waals surface area contributed by atoms with Gasteiger partial charge in [-0.05, 0) is 53.0 Å². The molecule has 1 aliphatic heterocycles. The highest BCUT2D eigenvalue weighted by atomic mass is 79.9. The molecule has 1 saturated heterocycles. The molecule has 116 valence electrons. The van der Waals surface area contributed by atoms with Gasteiger partial charge in [-0.25, -0.2) is 0 Å². The molecule has 1 fully saturated rings. The predicted molar refractivity (Wildman–Crippen MR) is 84.7 cm³/mol. The Hall–Kier alpha value is -1.27. The van der Waals surface area contributed by atoms with E-state index >= 15 is 0 Å². The Balaban J connectivity index is 1.99. The van der Waals surface area contributed by atoms with E-state index in [1.165, 1.54) is 0 Å². The van der Waals surface area contributed by atoms with Gasteiger partial charge in [0.1, 0.15) is 0 Å². The maximum atomic E-state index is 12.1. The molecule has 0 radical (unpaired) electrons. The fourth-order valence-corrected chi connectivity index (χ4v) is 3.11. The summed E-state index contributed by atoms with van der Waals surface area (Å²) in [5.74, 6) is 1.36. The van der Waals surface area contributed by atoms with Crippen LogP contribution in [-0.4, -0.2) is 32.7 Å². The van der Waals surface area contributed by atoms with Crippen molar-refractivity contribution in [1.82, 2.24) is 10.6 Å². The molecule has 0 spiro atoms. The van der Waals surface area contributed by atoms with Crippen molar-refractivity contribution in [3.63, 3.8) is 0 Å². The Kier molecular flexibility index (Phi) is 5.87. The van der Waals surface area contributed by atoms with Crippen molar-refractivity contribution in [3.05, 3.63) is 22.2 Å². The molecule has 0 aliphatic carbocycles. The zero-order valence-corrected chi connectivity index (χ0v) is 14.0. The van der Waals surface area contributed by atoms with Gasteiger partial charge in [0.25, 0.3) is 0 Å². The summed E-state index contributed by atoms with van der Waals surface area (Å²) in [4.78, 5) is 12.1. The number of amides is 1. The summed E-state index contributed by atoms with van der Waals surface area (Å²) in [5.41, 5.74) is 0.962. The second-order valence-corrected chi connectivity index (χ2v) is 5.89. The van der Waals surface area contributed by atoms with Crippen LogP contribution in [0.5, 0.6) is 11.5 Å². The van der Waals surface area contributed by atoms with Crippen LogP contribution in [0.1, 0.15) is 24.8 Å². The van der Waals surface area contributed by atoms with Crippen LogP contribution in [-0.2, 0) is 11.3 Å². The van der Waals surface area contributed by atoms with Crippen molar-refractivity contribution in [2.75, 3.05) is 20.8 Å². The van der Waals surface area contributed by atoms with Crippen molar-refractivity contribution in [1.29, 1.82) is 0 Å². The summed E-state index contributed by atoms with van der Waals surface area (Å²) in [7, 11) is 3.19. The van der Waals surface area contributed by atoms with Crippen LogP contribution >= 0.6 is 15.9 Å². The summed E-state index contributed by atoms with van der Waals surface area (Å²) in [6.07, 6.45) is 3.15. The number of hydrogen-bond acceptors (Lipinski definition) is 4. The Morgan fingerprint density at radius 1 is 1.38 bits per heavy atom. The molecular weight excluding hydrogens is 336 g/mol. The van der Waals surface area contributed by atoms with Crippen LogP contribution in [0.3, 0.4) is 0 Å². The highest BCUT2D eigenvalue weighted by Crippen LogP contribution is 2.36. The van der Waals surface area contributed by atoms with Crippen LogP contribution < -0.4 is 20.1 Å². The molecule has 5 nitrogen and oxygen atoms in total. The molecule has 21 heavy (non-hydrogen) atoms. The number of hydrogen-bond donors (Lipinski definition) is 2. The van der Waals surface area contributed by atoms with Crippen LogP contribution in [0, 0.1) is 0 Å². The average Bonchev–Trinajstić information content (AvgIpc) is 2.52. The molecule has 1 unspecified atom stereocenters. The first-order valence-electron chi connectivity index (χ1n) is 7.07. The van der Waals surface area contributed by atoms with Crippen LogP contribution in [0.25, 0.3) is 0 Å². The Bertz CT molecular complexity index is 502. The first-order chi connectivity index (χ1) is 10.2. The molecule has 1 heterocycles. The van der Waals surface area contributed by atoms with E-state index in [1.807, 2.05) is 12.1 Å². The molecule has 2 N–H and O–H groups in total. The van der Waals surface area contributed by atoms with Crippen LogP contribution in [0.4, 0.5) is 0 Å². The number of methoxy groups -OCH3 is 2. The number of carbonyl (C=O) groups is 1. The van der Waals surface area contributed by atoms with Crippen molar-refractivity contribution in [2.24, 2.45) is 0 Å². The van der Waals surface area contributed by atoms with E-state index in [4.69, 9.17) is 9.47 Å². The highest BCUT2D eigenvalue weighted by Gasteiger charge is 2.20. The summed E-state index contributed by atoms with van der Waals surface area (Å²) in [5, 5.41) is 6.21. The van der Waals surface area contributed by atoms with Gasteiger partial charge in [-0.2, -0.15) is 0 Å². The van der Waals surface area contributed by atoms with Crippen molar-refractivity contribution in [3.8, 4) is 11.5 Å². The lowest BCUT2D eigenvalue weighted by molar-refractivity contribution is -0.123. The second-order valence-electron chi connectivity index (χ2n) is 5.03. The third-order valence-electron chi connectivity index (χ3n) is 3.59. The van der Waals surface area contributed by atoms with Crippen LogP contribution in [0.2, 0.25) is 0 Å². The maximum absolute atomic E-state index is 12.1. The SMILES string of the molecule is COc1cc(CNC(=O)C2CCCCN2)cc(Br)c1OC. The summed E-state index contributed by atoms with van der Waals surface area (Å²) < 4.78 is 11.4. The second kappa shape index (κ2) is 7.66. The fourth-order valence-electron chi connectivity index (χ4n) is 2.46. The summed E-state index contributed by atoms with van der Waals surface area (Å²) in [6, 6.07) is 3.73. The minimum Gasteiger partial charge on any atom is -0.493 e.